The number of hydrogen-bond acceptors (Lipinski definition) is 6. The Kier molecular flexibility index (Phi) is 7.17. The maximum Gasteiger partial charge on any atom is 0.293 e. The van der Waals surface area contributed by atoms with E-state index in [0.29, 0.717) is 28.6 Å². The van der Waals surface area contributed by atoms with Crippen LogP contribution in [-0.2, 0) is 16.1 Å². The fourth-order valence-electron chi connectivity index (χ4n) is 2.76. The van der Waals surface area contributed by atoms with Gasteiger partial charge in [0.2, 0.25) is 0 Å². The molecule has 156 valence electrons. The third kappa shape index (κ3) is 5.43. The van der Waals surface area contributed by atoms with Crippen LogP contribution in [0.4, 0.5) is 4.79 Å². The van der Waals surface area contributed by atoms with Crippen molar-refractivity contribution in [3.05, 3.63) is 63.0 Å². The minimum Gasteiger partial charge on any atom is -0.490 e. The number of nitrogens with two attached hydrogens (primary N) is 1. The van der Waals surface area contributed by atoms with Crippen LogP contribution in [0.3, 0.4) is 0 Å². The van der Waals surface area contributed by atoms with Crippen molar-refractivity contribution < 1.29 is 23.9 Å². The van der Waals surface area contributed by atoms with Crippen LogP contribution in [0.25, 0.3) is 6.08 Å². The van der Waals surface area contributed by atoms with E-state index in [9.17, 15) is 14.4 Å². The molecule has 0 atom stereocenters. The van der Waals surface area contributed by atoms with Gasteiger partial charge in [0, 0.05) is 4.47 Å². The average Bonchev–Trinajstić information content (AvgIpc) is 2.95. The molecular weight excluding hydrogens is 472 g/mol. The third-order valence-corrected chi connectivity index (χ3v) is 5.44. The predicted octanol–water partition coefficient (Wildman–Crippen LogP) is 3.95. The summed E-state index contributed by atoms with van der Waals surface area (Å²) in [5.74, 6) is -0.158. The molecule has 0 bridgehead atoms. The number of carbonyl (C=O) groups excluding carboxylic acids is 3. The number of primary amides is 1. The lowest BCUT2D eigenvalue weighted by molar-refractivity contribution is -0.123. The molecule has 30 heavy (non-hydrogen) atoms. The van der Waals surface area contributed by atoms with Gasteiger partial charge in [0.25, 0.3) is 17.1 Å². The molecule has 2 N–H and O–H groups in total. The molecule has 7 nitrogen and oxygen atoms in total. The van der Waals surface area contributed by atoms with E-state index < -0.39 is 5.91 Å². The number of thioether (sulfide) groups is 1. The summed E-state index contributed by atoms with van der Waals surface area (Å²) in [6, 6.07) is 12.5. The SMILES string of the molecule is CCOc1cc(/C=C2\SC(=O)N(Cc3cccc(Br)c3)C2=O)ccc1OCC(N)=O. The maximum absolute atomic E-state index is 12.8. The molecule has 0 aromatic heterocycles. The second-order valence-corrected chi connectivity index (χ2v) is 8.20. The van der Waals surface area contributed by atoms with Crippen molar-refractivity contribution in [1.29, 1.82) is 0 Å². The van der Waals surface area contributed by atoms with Gasteiger partial charge in [-0.25, -0.2) is 0 Å². The standard InChI is InChI=1S/C21H19BrN2O5S/c1-2-28-17-9-13(6-7-16(17)29-12-19(23)25)10-18-20(26)24(21(27)30-18)11-14-4-3-5-15(22)8-14/h3-10H,2,11-12H2,1H3,(H2,23,25)/b18-10-. The minimum atomic E-state index is -0.597. The second-order valence-electron chi connectivity index (χ2n) is 6.29. The number of amides is 3. The number of imide groups is 1. The molecule has 0 aliphatic carbocycles. The Bertz CT molecular complexity index is 1020. The summed E-state index contributed by atoms with van der Waals surface area (Å²) in [5, 5.41) is -0.322. The zero-order chi connectivity index (χ0) is 21.7. The lowest BCUT2D eigenvalue weighted by atomic mass is 10.1. The van der Waals surface area contributed by atoms with E-state index in [2.05, 4.69) is 15.9 Å². The summed E-state index contributed by atoms with van der Waals surface area (Å²) in [6.07, 6.45) is 1.63. The molecule has 1 aliphatic heterocycles. The van der Waals surface area contributed by atoms with Crippen molar-refractivity contribution in [3.8, 4) is 11.5 Å². The molecule has 9 heteroatoms. The van der Waals surface area contributed by atoms with Crippen LogP contribution in [0.1, 0.15) is 18.1 Å². The van der Waals surface area contributed by atoms with Gasteiger partial charge >= 0.3 is 0 Å². The highest BCUT2D eigenvalue weighted by Crippen LogP contribution is 2.35. The number of carbonyl (C=O) groups is 3. The first-order valence-corrected chi connectivity index (χ1v) is 10.7. The first kappa shape index (κ1) is 21.9. The van der Waals surface area contributed by atoms with Gasteiger partial charge in [-0.2, -0.15) is 0 Å². The average molecular weight is 491 g/mol. The number of rotatable bonds is 8. The van der Waals surface area contributed by atoms with Crippen molar-refractivity contribution in [3.63, 3.8) is 0 Å². The molecular formula is C21H19BrN2O5S. The Hall–Kier alpha value is -2.78. The molecule has 1 aliphatic rings. The van der Waals surface area contributed by atoms with E-state index in [1.807, 2.05) is 31.2 Å². The highest BCUT2D eigenvalue weighted by Gasteiger charge is 2.35. The predicted molar refractivity (Wildman–Crippen MR) is 118 cm³/mol. The summed E-state index contributed by atoms with van der Waals surface area (Å²) in [7, 11) is 0. The van der Waals surface area contributed by atoms with Gasteiger partial charge in [-0.1, -0.05) is 34.1 Å². The summed E-state index contributed by atoms with van der Waals surface area (Å²) in [4.78, 5) is 37.6. The van der Waals surface area contributed by atoms with Gasteiger partial charge < -0.3 is 15.2 Å². The highest BCUT2D eigenvalue weighted by atomic mass is 79.9. The lowest BCUT2D eigenvalue weighted by Gasteiger charge is -2.13. The molecule has 3 rings (SSSR count). The zero-order valence-corrected chi connectivity index (χ0v) is 18.5. The summed E-state index contributed by atoms with van der Waals surface area (Å²) in [6.45, 7) is 2.14. The number of benzene rings is 2. The number of ether oxygens (including phenoxy) is 2. The zero-order valence-electron chi connectivity index (χ0n) is 16.1. The minimum absolute atomic E-state index is 0.200. The first-order chi connectivity index (χ1) is 14.4. The van der Waals surface area contributed by atoms with Crippen LogP contribution in [0.5, 0.6) is 11.5 Å². The van der Waals surface area contributed by atoms with Crippen molar-refractivity contribution in [2.45, 2.75) is 13.5 Å². The van der Waals surface area contributed by atoms with Crippen molar-refractivity contribution in [2.75, 3.05) is 13.2 Å². The van der Waals surface area contributed by atoms with Crippen molar-refractivity contribution >= 4 is 50.8 Å². The van der Waals surface area contributed by atoms with E-state index in [1.54, 1.807) is 24.3 Å². The number of hydrogen-bond donors (Lipinski definition) is 1. The molecule has 3 amide bonds. The quantitative estimate of drug-likeness (QED) is 0.562. The topological polar surface area (TPSA) is 98.9 Å². The number of halogens is 1. The van der Waals surface area contributed by atoms with Crippen LogP contribution < -0.4 is 15.2 Å². The molecule has 2 aromatic rings. The fourth-order valence-corrected chi connectivity index (χ4v) is 4.04. The molecule has 1 fully saturated rings. The molecule has 1 saturated heterocycles. The Morgan fingerprint density at radius 2 is 1.97 bits per heavy atom. The second kappa shape index (κ2) is 9.82. The van der Waals surface area contributed by atoms with E-state index in [-0.39, 0.29) is 24.3 Å². The highest BCUT2D eigenvalue weighted by molar-refractivity contribution is 9.10. The van der Waals surface area contributed by atoms with Crippen molar-refractivity contribution in [1.82, 2.24) is 4.90 Å². The first-order valence-electron chi connectivity index (χ1n) is 9.05. The lowest BCUT2D eigenvalue weighted by Crippen LogP contribution is -2.27. The normalized spacial score (nSPS) is 15.0. The summed E-state index contributed by atoms with van der Waals surface area (Å²) >= 11 is 4.28. The Morgan fingerprint density at radius 3 is 2.67 bits per heavy atom. The van der Waals surface area contributed by atoms with E-state index >= 15 is 0 Å². The molecule has 0 saturated carbocycles. The van der Waals surface area contributed by atoms with Gasteiger partial charge in [0.1, 0.15) is 0 Å². The largest absolute Gasteiger partial charge is 0.490 e. The maximum atomic E-state index is 12.8. The fraction of sp³-hybridized carbons (Fsp3) is 0.190. The monoisotopic (exact) mass is 490 g/mol. The Balaban J connectivity index is 1.80. The Labute approximate surface area is 186 Å². The van der Waals surface area contributed by atoms with Gasteiger partial charge in [-0.15, -0.1) is 0 Å². The van der Waals surface area contributed by atoms with Gasteiger partial charge in [-0.3, -0.25) is 19.3 Å². The van der Waals surface area contributed by atoms with E-state index in [0.717, 1.165) is 21.8 Å². The molecule has 0 spiro atoms. The molecule has 0 unspecified atom stereocenters. The van der Waals surface area contributed by atoms with Crippen LogP contribution >= 0.6 is 27.7 Å². The molecule has 1 heterocycles. The smallest absolute Gasteiger partial charge is 0.293 e. The van der Waals surface area contributed by atoms with Crippen LogP contribution in [-0.4, -0.2) is 35.2 Å². The molecule has 2 aromatic carbocycles. The summed E-state index contributed by atoms with van der Waals surface area (Å²) in [5.41, 5.74) is 6.63. The number of nitrogens with zero attached hydrogens (tertiary/aromatic N) is 1. The Morgan fingerprint density at radius 1 is 1.17 bits per heavy atom. The van der Waals surface area contributed by atoms with Gasteiger partial charge in [0.15, 0.2) is 18.1 Å². The van der Waals surface area contributed by atoms with Crippen molar-refractivity contribution in [2.24, 2.45) is 5.73 Å². The van der Waals surface area contributed by atoms with Gasteiger partial charge in [-0.05, 0) is 60.2 Å². The third-order valence-electron chi connectivity index (χ3n) is 4.04. The molecule has 0 radical (unpaired) electrons. The van der Waals surface area contributed by atoms with Gasteiger partial charge in [0.05, 0.1) is 18.1 Å². The van der Waals surface area contributed by atoms with Crippen LogP contribution in [0.15, 0.2) is 51.8 Å². The summed E-state index contributed by atoms with van der Waals surface area (Å²) < 4.78 is 11.8. The van der Waals surface area contributed by atoms with Crippen LogP contribution in [0, 0.1) is 0 Å². The van der Waals surface area contributed by atoms with E-state index in [1.165, 1.54) is 4.90 Å². The van der Waals surface area contributed by atoms with E-state index in [4.69, 9.17) is 15.2 Å². The van der Waals surface area contributed by atoms with Crippen LogP contribution in [0.2, 0.25) is 0 Å².